The lowest BCUT2D eigenvalue weighted by molar-refractivity contribution is -0.870. The summed E-state index contributed by atoms with van der Waals surface area (Å²) in [7, 11) is 1.50. The second-order valence-electron chi connectivity index (χ2n) is 13.2. The van der Waals surface area contributed by atoms with Crippen LogP contribution in [0.5, 0.6) is 0 Å². The molecule has 0 aliphatic rings. The van der Waals surface area contributed by atoms with E-state index in [0.29, 0.717) is 17.4 Å². The number of allylic oxidation sites excluding steroid dienone is 13. The monoisotopic (exact) mass is 705 g/mol. The van der Waals surface area contributed by atoms with Gasteiger partial charge >= 0.3 is 7.82 Å². The van der Waals surface area contributed by atoms with Crippen molar-refractivity contribution in [2.75, 3.05) is 40.9 Å². The highest BCUT2D eigenvalue weighted by Crippen LogP contribution is 2.43. The first-order valence-electron chi connectivity index (χ1n) is 18.5. The van der Waals surface area contributed by atoms with E-state index in [1.165, 1.54) is 12.8 Å². The number of amides is 1. The zero-order valence-corrected chi connectivity index (χ0v) is 32.3. The Bertz CT molecular complexity index is 1070. The van der Waals surface area contributed by atoms with Crippen LogP contribution in [0.25, 0.3) is 0 Å². The van der Waals surface area contributed by atoms with Crippen molar-refractivity contribution in [3.63, 3.8) is 0 Å². The fourth-order valence-corrected chi connectivity index (χ4v) is 5.08. The maximum absolute atomic E-state index is 12.8. The first-order valence-corrected chi connectivity index (χ1v) is 20.0. The minimum atomic E-state index is -4.36. The number of nitrogens with zero attached hydrogens (tertiary/aromatic N) is 1. The number of hydrogen-bond acceptors (Lipinski definition) is 5. The Morgan fingerprint density at radius 2 is 1.22 bits per heavy atom. The van der Waals surface area contributed by atoms with E-state index >= 15 is 0 Å². The molecule has 0 fully saturated rings. The van der Waals surface area contributed by atoms with Crippen molar-refractivity contribution < 1.29 is 32.9 Å². The molecule has 0 saturated heterocycles. The van der Waals surface area contributed by atoms with E-state index in [0.717, 1.165) is 70.6 Å². The zero-order chi connectivity index (χ0) is 36.5. The highest BCUT2D eigenvalue weighted by atomic mass is 31.2. The lowest BCUT2D eigenvalue weighted by Crippen LogP contribution is -2.45. The molecule has 3 atom stereocenters. The summed E-state index contributed by atoms with van der Waals surface area (Å²) < 4.78 is 23.4. The van der Waals surface area contributed by atoms with Gasteiger partial charge in [0.2, 0.25) is 5.91 Å². The lowest BCUT2D eigenvalue weighted by atomic mass is 10.1. The fraction of sp³-hybridized carbons (Fsp3) is 0.625. The SMILES string of the molecule is CC/C=C\C/C=C\C/C=C\C/C=C\CCCCC(=O)NC(COP(=O)(O)OCC[N+](C)(C)C)C(O)/C=C/CC/C=C/CC/C=C/CCCC. The average Bonchev–Trinajstić information content (AvgIpc) is 3.04. The molecule has 49 heavy (non-hydrogen) atoms. The molecule has 0 aromatic carbocycles. The average molecular weight is 706 g/mol. The maximum Gasteiger partial charge on any atom is 0.472 e. The minimum absolute atomic E-state index is 0.0404. The number of carbonyl (C=O) groups is 1. The Kier molecular flexibility index (Phi) is 30.1. The molecule has 3 unspecified atom stereocenters. The van der Waals surface area contributed by atoms with Crippen molar-refractivity contribution in [1.29, 1.82) is 0 Å². The van der Waals surface area contributed by atoms with E-state index < -0.39 is 20.0 Å². The molecule has 280 valence electrons. The summed E-state index contributed by atoms with van der Waals surface area (Å²) in [5.41, 5.74) is 0. The van der Waals surface area contributed by atoms with E-state index in [1.807, 2.05) is 27.2 Å². The Morgan fingerprint density at radius 1 is 0.714 bits per heavy atom. The van der Waals surface area contributed by atoms with Crippen LogP contribution in [0.1, 0.15) is 110 Å². The number of quaternary nitrogens is 1. The molecule has 0 aromatic rings. The van der Waals surface area contributed by atoms with Crippen LogP contribution in [0.2, 0.25) is 0 Å². The summed E-state index contributed by atoms with van der Waals surface area (Å²) in [4.78, 5) is 22.9. The topological polar surface area (TPSA) is 105 Å². The fourth-order valence-electron chi connectivity index (χ4n) is 4.34. The van der Waals surface area contributed by atoms with Crippen molar-refractivity contribution in [1.82, 2.24) is 5.32 Å². The van der Waals surface area contributed by atoms with Gasteiger partial charge in [0.15, 0.2) is 0 Å². The van der Waals surface area contributed by atoms with Crippen LogP contribution in [0.15, 0.2) is 85.1 Å². The minimum Gasteiger partial charge on any atom is -0.387 e. The molecule has 0 radical (unpaired) electrons. The van der Waals surface area contributed by atoms with Gasteiger partial charge in [-0.15, -0.1) is 0 Å². The Morgan fingerprint density at radius 3 is 1.80 bits per heavy atom. The van der Waals surface area contributed by atoms with E-state index in [4.69, 9.17) is 9.05 Å². The van der Waals surface area contributed by atoms with Crippen LogP contribution >= 0.6 is 7.82 Å². The number of phosphoric ester groups is 1. The van der Waals surface area contributed by atoms with Gasteiger partial charge in [-0.25, -0.2) is 4.57 Å². The Hall–Kier alpha value is -2.32. The van der Waals surface area contributed by atoms with Gasteiger partial charge < -0.3 is 19.8 Å². The molecule has 0 aliphatic heterocycles. The normalized spacial score (nSPS) is 15.7. The summed E-state index contributed by atoms with van der Waals surface area (Å²) in [6.07, 6.45) is 42.3. The number of nitrogens with one attached hydrogen (secondary N) is 1. The van der Waals surface area contributed by atoms with Gasteiger partial charge in [0.1, 0.15) is 13.2 Å². The number of phosphoric acid groups is 1. The standard InChI is InChI=1S/C40H69N2O6P/c1-6-8-10-12-14-16-18-20-21-22-24-26-28-30-32-34-40(44)41-38(37-48-49(45,46)47-36-35-42(3,4)5)39(43)33-31-29-27-25-23-19-17-15-13-11-9-7-2/h8,10,13-16,20-21,23-26,31,33,38-39,43H,6-7,9,11-12,17-19,22,27-30,32,34-37H2,1-5H3,(H-,41,44,45,46)/p+1/b10-8-,15-13+,16-14-,21-20-,25-23+,26-24-,33-31+. The number of unbranched alkanes of at least 4 members (excludes halogenated alkanes) is 6. The largest absolute Gasteiger partial charge is 0.472 e. The Balaban J connectivity index is 4.73. The summed E-state index contributed by atoms with van der Waals surface area (Å²) in [5.74, 6) is -0.239. The third-order valence-corrected chi connectivity index (χ3v) is 8.31. The van der Waals surface area contributed by atoms with Crippen LogP contribution < -0.4 is 5.32 Å². The molecule has 1 amide bonds. The molecule has 9 heteroatoms. The van der Waals surface area contributed by atoms with Crippen LogP contribution in [0, 0.1) is 0 Å². The predicted molar refractivity (Wildman–Crippen MR) is 207 cm³/mol. The van der Waals surface area contributed by atoms with E-state index in [2.05, 4.69) is 92.1 Å². The summed E-state index contributed by atoms with van der Waals surface area (Å²) in [6, 6.07) is -0.893. The van der Waals surface area contributed by atoms with Crippen LogP contribution in [-0.2, 0) is 18.4 Å². The Labute approximate surface area is 299 Å². The number of aliphatic hydroxyl groups excluding tert-OH is 1. The predicted octanol–water partition coefficient (Wildman–Crippen LogP) is 9.46. The third-order valence-electron chi connectivity index (χ3n) is 7.33. The van der Waals surface area contributed by atoms with Crippen molar-refractivity contribution in [2.24, 2.45) is 0 Å². The number of rotatable bonds is 31. The number of likely N-dealkylation sites (N-methyl/N-ethyl adjacent to an activating group) is 1. The molecular formula is C40H70N2O6P+. The van der Waals surface area contributed by atoms with Crippen molar-refractivity contribution in [2.45, 2.75) is 122 Å². The number of carbonyl (C=O) groups excluding carboxylic acids is 1. The first-order chi connectivity index (χ1) is 23.5. The lowest BCUT2D eigenvalue weighted by Gasteiger charge is -2.25. The van der Waals surface area contributed by atoms with Gasteiger partial charge in [-0.2, -0.15) is 0 Å². The van der Waals surface area contributed by atoms with Gasteiger partial charge in [0.25, 0.3) is 0 Å². The van der Waals surface area contributed by atoms with Crippen molar-refractivity contribution >= 4 is 13.7 Å². The molecule has 0 spiro atoms. The molecular weight excluding hydrogens is 635 g/mol. The van der Waals surface area contributed by atoms with Gasteiger partial charge in [-0.3, -0.25) is 13.8 Å². The van der Waals surface area contributed by atoms with E-state index in [-0.39, 0.29) is 25.5 Å². The van der Waals surface area contributed by atoms with E-state index in [1.54, 1.807) is 6.08 Å². The molecule has 0 aliphatic carbocycles. The molecule has 3 N–H and O–H groups in total. The molecule has 0 saturated carbocycles. The van der Waals surface area contributed by atoms with Crippen molar-refractivity contribution in [3.05, 3.63) is 85.1 Å². The maximum atomic E-state index is 12.8. The van der Waals surface area contributed by atoms with Crippen LogP contribution in [-0.4, -0.2) is 73.4 Å². The molecule has 0 heterocycles. The van der Waals surface area contributed by atoms with Gasteiger partial charge in [-0.05, 0) is 77.0 Å². The van der Waals surface area contributed by atoms with E-state index in [9.17, 15) is 19.4 Å². The number of hydrogen-bond donors (Lipinski definition) is 3. The molecule has 8 nitrogen and oxygen atoms in total. The van der Waals surface area contributed by atoms with Crippen LogP contribution in [0.4, 0.5) is 0 Å². The van der Waals surface area contributed by atoms with Crippen molar-refractivity contribution in [3.8, 4) is 0 Å². The van der Waals surface area contributed by atoms with Crippen LogP contribution in [0.3, 0.4) is 0 Å². The first kappa shape index (κ1) is 46.7. The smallest absolute Gasteiger partial charge is 0.387 e. The summed E-state index contributed by atoms with van der Waals surface area (Å²) >= 11 is 0. The molecule has 0 bridgehead atoms. The highest BCUT2D eigenvalue weighted by molar-refractivity contribution is 7.47. The summed E-state index contributed by atoms with van der Waals surface area (Å²) in [5, 5.41) is 13.7. The number of aliphatic hydroxyl groups is 1. The molecule has 0 aromatic heterocycles. The highest BCUT2D eigenvalue weighted by Gasteiger charge is 2.27. The molecule has 0 rings (SSSR count). The summed E-state index contributed by atoms with van der Waals surface area (Å²) in [6.45, 7) is 4.53. The second kappa shape index (κ2) is 31.6. The van der Waals surface area contributed by atoms with Gasteiger partial charge in [0.05, 0.1) is 39.9 Å². The second-order valence-corrected chi connectivity index (χ2v) is 14.6. The van der Waals surface area contributed by atoms with Gasteiger partial charge in [-0.1, -0.05) is 112 Å². The quantitative estimate of drug-likeness (QED) is 0.0287. The van der Waals surface area contributed by atoms with Gasteiger partial charge in [0, 0.05) is 6.42 Å². The third kappa shape index (κ3) is 33.9. The zero-order valence-electron chi connectivity index (χ0n) is 31.4.